The first kappa shape index (κ1) is 15.3. The Morgan fingerprint density at radius 2 is 2.24 bits per heavy atom. The monoisotopic (exact) mass is 288 g/mol. The van der Waals surface area contributed by atoms with E-state index in [1.54, 1.807) is 19.9 Å². The Hall–Kier alpha value is -2.11. The van der Waals surface area contributed by atoms with Crippen molar-refractivity contribution in [2.24, 2.45) is 0 Å². The third kappa shape index (κ3) is 3.71. The molecule has 3 N–H and O–H groups in total. The quantitative estimate of drug-likeness (QED) is 0.541. The van der Waals surface area contributed by atoms with Crippen LogP contribution in [0.25, 0.3) is 10.9 Å². The summed E-state index contributed by atoms with van der Waals surface area (Å²) in [5, 5.41) is 10.4. The predicted octanol–water partition coefficient (Wildman–Crippen LogP) is 2.65. The number of hydroxylamine groups is 1. The molecule has 112 valence electrons. The average molecular weight is 288 g/mol. The SMILES string of the molecule is C=CC(C)(C)ONC(Cc1c[nH]c2ccccc12)C(=O)O. The molecule has 2 aromatic rings. The summed E-state index contributed by atoms with van der Waals surface area (Å²) in [5.41, 5.74) is 3.92. The van der Waals surface area contributed by atoms with Crippen molar-refractivity contribution in [3.63, 3.8) is 0 Å². The molecule has 0 bridgehead atoms. The van der Waals surface area contributed by atoms with E-state index in [0.29, 0.717) is 6.42 Å². The summed E-state index contributed by atoms with van der Waals surface area (Å²) < 4.78 is 0. The number of rotatable bonds is 7. The van der Waals surface area contributed by atoms with Crippen molar-refractivity contribution < 1.29 is 14.7 Å². The Morgan fingerprint density at radius 3 is 2.90 bits per heavy atom. The summed E-state index contributed by atoms with van der Waals surface area (Å²) in [7, 11) is 0. The number of aromatic nitrogens is 1. The first-order valence-electron chi connectivity index (χ1n) is 6.78. The number of H-pyrrole nitrogens is 1. The zero-order chi connectivity index (χ0) is 15.5. The number of aliphatic carboxylic acids is 1. The fourth-order valence-electron chi connectivity index (χ4n) is 1.96. The van der Waals surface area contributed by atoms with Crippen LogP contribution in [0.5, 0.6) is 0 Å². The van der Waals surface area contributed by atoms with Gasteiger partial charge in [-0.2, -0.15) is 5.48 Å². The predicted molar refractivity (Wildman–Crippen MR) is 81.9 cm³/mol. The molecule has 2 rings (SSSR count). The Labute approximate surface area is 123 Å². The molecule has 1 heterocycles. The largest absolute Gasteiger partial charge is 0.480 e. The van der Waals surface area contributed by atoms with Crippen LogP contribution in [0.3, 0.4) is 0 Å². The van der Waals surface area contributed by atoms with Crippen molar-refractivity contribution in [2.45, 2.75) is 31.9 Å². The Bertz CT molecular complexity index is 646. The second-order valence-corrected chi connectivity index (χ2v) is 5.48. The number of para-hydroxylation sites is 1. The number of nitrogens with one attached hydrogen (secondary N) is 2. The zero-order valence-corrected chi connectivity index (χ0v) is 12.2. The van der Waals surface area contributed by atoms with Crippen molar-refractivity contribution in [3.05, 3.63) is 48.7 Å². The molecule has 1 aromatic heterocycles. The molecule has 1 aromatic carbocycles. The minimum absolute atomic E-state index is 0.326. The maximum absolute atomic E-state index is 11.4. The summed E-state index contributed by atoms with van der Waals surface area (Å²) >= 11 is 0. The maximum atomic E-state index is 11.4. The topological polar surface area (TPSA) is 74.3 Å². The van der Waals surface area contributed by atoms with Gasteiger partial charge in [0.1, 0.15) is 11.6 Å². The van der Waals surface area contributed by atoms with Crippen LogP contribution < -0.4 is 5.48 Å². The smallest absolute Gasteiger partial charge is 0.323 e. The van der Waals surface area contributed by atoms with E-state index < -0.39 is 17.6 Å². The van der Waals surface area contributed by atoms with Gasteiger partial charge in [-0.3, -0.25) is 9.63 Å². The van der Waals surface area contributed by atoms with E-state index in [1.807, 2.05) is 30.5 Å². The van der Waals surface area contributed by atoms with Crippen molar-refractivity contribution in [1.82, 2.24) is 10.5 Å². The van der Waals surface area contributed by atoms with Crippen LogP contribution in [0.15, 0.2) is 43.1 Å². The third-order valence-electron chi connectivity index (χ3n) is 3.35. The highest BCUT2D eigenvalue weighted by molar-refractivity contribution is 5.84. The van der Waals surface area contributed by atoms with E-state index in [-0.39, 0.29) is 0 Å². The van der Waals surface area contributed by atoms with Gasteiger partial charge < -0.3 is 10.1 Å². The van der Waals surface area contributed by atoms with Crippen LogP contribution >= 0.6 is 0 Å². The van der Waals surface area contributed by atoms with E-state index in [9.17, 15) is 9.90 Å². The van der Waals surface area contributed by atoms with Crippen LogP contribution in [0.2, 0.25) is 0 Å². The van der Waals surface area contributed by atoms with Crippen LogP contribution in [0, 0.1) is 0 Å². The lowest BCUT2D eigenvalue weighted by atomic mass is 10.1. The average Bonchev–Trinajstić information content (AvgIpc) is 2.86. The molecular formula is C16H20N2O3. The second kappa shape index (κ2) is 6.11. The molecule has 1 atom stereocenters. The standard InChI is InChI=1S/C16H20N2O3/c1-4-16(2,3)21-18-14(15(19)20)9-11-10-17-13-8-6-5-7-12(11)13/h4-8,10,14,17-18H,1,9H2,2-3H3,(H,19,20). The molecule has 0 saturated heterocycles. The Morgan fingerprint density at radius 1 is 1.52 bits per heavy atom. The van der Waals surface area contributed by atoms with Crippen LogP contribution in [-0.2, 0) is 16.1 Å². The second-order valence-electron chi connectivity index (χ2n) is 5.48. The molecule has 0 aliphatic heterocycles. The first-order valence-corrected chi connectivity index (χ1v) is 6.78. The van der Waals surface area contributed by atoms with Gasteiger partial charge in [0.15, 0.2) is 0 Å². The van der Waals surface area contributed by atoms with Gasteiger partial charge in [-0.15, -0.1) is 6.58 Å². The molecule has 0 spiro atoms. The lowest BCUT2D eigenvalue weighted by molar-refractivity contribution is -0.148. The molecule has 5 heteroatoms. The molecule has 0 aliphatic carbocycles. The van der Waals surface area contributed by atoms with Crippen LogP contribution in [0.1, 0.15) is 19.4 Å². The summed E-state index contributed by atoms with van der Waals surface area (Å²) in [6.07, 6.45) is 3.78. The highest BCUT2D eigenvalue weighted by Gasteiger charge is 2.23. The lowest BCUT2D eigenvalue weighted by Crippen LogP contribution is -2.43. The Kier molecular flexibility index (Phi) is 4.45. The van der Waals surface area contributed by atoms with E-state index in [1.165, 1.54) is 0 Å². The maximum Gasteiger partial charge on any atom is 0.323 e. The van der Waals surface area contributed by atoms with Crippen molar-refractivity contribution >= 4 is 16.9 Å². The number of aromatic amines is 1. The summed E-state index contributed by atoms with van der Waals surface area (Å²) in [6, 6.07) is 6.96. The molecule has 21 heavy (non-hydrogen) atoms. The van der Waals surface area contributed by atoms with E-state index in [4.69, 9.17) is 4.84 Å². The van der Waals surface area contributed by atoms with E-state index in [0.717, 1.165) is 16.5 Å². The van der Waals surface area contributed by atoms with Gasteiger partial charge in [-0.1, -0.05) is 24.3 Å². The molecule has 1 unspecified atom stereocenters. The fourth-order valence-corrected chi connectivity index (χ4v) is 1.96. The van der Waals surface area contributed by atoms with Gasteiger partial charge in [0.05, 0.1) is 0 Å². The van der Waals surface area contributed by atoms with Crippen molar-refractivity contribution in [2.75, 3.05) is 0 Å². The van der Waals surface area contributed by atoms with Crippen molar-refractivity contribution in [3.8, 4) is 0 Å². The zero-order valence-electron chi connectivity index (χ0n) is 12.2. The number of fused-ring (bicyclic) bond motifs is 1. The van der Waals surface area contributed by atoms with E-state index >= 15 is 0 Å². The van der Waals surface area contributed by atoms with Crippen LogP contribution in [-0.4, -0.2) is 27.7 Å². The highest BCUT2D eigenvalue weighted by Crippen LogP contribution is 2.19. The number of hydrogen-bond donors (Lipinski definition) is 3. The molecule has 0 fully saturated rings. The van der Waals surface area contributed by atoms with Gasteiger partial charge in [0.25, 0.3) is 0 Å². The number of hydrogen-bond acceptors (Lipinski definition) is 3. The van der Waals surface area contributed by atoms with E-state index in [2.05, 4.69) is 17.0 Å². The number of carboxylic acid groups (broad SMARTS) is 1. The highest BCUT2D eigenvalue weighted by atomic mass is 16.7. The number of carboxylic acids is 1. The van der Waals surface area contributed by atoms with Crippen molar-refractivity contribution in [1.29, 1.82) is 0 Å². The molecule has 0 amide bonds. The van der Waals surface area contributed by atoms with Crippen LogP contribution in [0.4, 0.5) is 0 Å². The molecule has 0 radical (unpaired) electrons. The number of carbonyl (C=O) groups is 1. The number of benzene rings is 1. The normalized spacial score (nSPS) is 13.2. The third-order valence-corrected chi connectivity index (χ3v) is 3.35. The molecule has 0 saturated carbocycles. The molecular weight excluding hydrogens is 268 g/mol. The Balaban J connectivity index is 2.13. The van der Waals surface area contributed by atoms with Gasteiger partial charge in [-0.25, -0.2) is 0 Å². The summed E-state index contributed by atoms with van der Waals surface area (Å²) in [4.78, 5) is 19.9. The summed E-state index contributed by atoms with van der Waals surface area (Å²) in [6.45, 7) is 7.26. The fraction of sp³-hybridized carbons (Fsp3) is 0.312. The minimum atomic E-state index is -0.958. The lowest BCUT2D eigenvalue weighted by Gasteiger charge is -2.23. The molecule has 0 aliphatic rings. The molecule has 5 nitrogen and oxygen atoms in total. The first-order chi connectivity index (χ1) is 9.93. The van der Waals surface area contributed by atoms with Gasteiger partial charge >= 0.3 is 5.97 Å². The van der Waals surface area contributed by atoms with Gasteiger partial charge in [0.2, 0.25) is 0 Å². The summed E-state index contributed by atoms with van der Waals surface area (Å²) in [5.74, 6) is -0.958. The van der Waals surface area contributed by atoms with Gasteiger partial charge in [0, 0.05) is 23.5 Å². The van der Waals surface area contributed by atoms with Gasteiger partial charge in [-0.05, 0) is 25.5 Å². The minimum Gasteiger partial charge on any atom is -0.480 e.